The largest absolute Gasteiger partial charge is 0.352 e. The van der Waals surface area contributed by atoms with Crippen molar-refractivity contribution in [1.82, 2.24) is 24.6 Å². The van der Waals surface area contributed by atoms with E-state index in [1.165, 1.54) is 12.1 Å². The third-order valence-electron chi connectivity index (χ3n) is 4.17. The molecule has 4 rings (SSSR count). The molecule has 6 nitrogen and oxygen atoms in total. The smallest absolute Gasteiger partial charge is 0.220 e. The molecule has 24 heavy (non-hydrogen) atoms. The number of halogens is 1. The fraction of sp³-hybridized carbons (Fsp3) is 0.235. The van der Waals surface area contributed by atoms with Crippen molar-refractivity contribution >= 4 is 5.91 Å². The van der Waals surface area contributed by atoms with E-state index in [0.29, 0.717) is 24.4 Å². The van der Waals surface area contributed by atoms with Gasteiger partial charge in [0, 0.05) is 49.4 Å². The van der Waals surface area contributed by atoms with E-state index in [4.69, 9.17) is 0 Å². The number of hydrogen-bond donors (Lipinski definition) is 1. The van der Waals surface area contributed by atoms with Crippen LogP contribution >= 0.6 is 0 Å². The zero-order chi connectivity index (χ0) is 16.5. The number of nitrogens with zero attached hydrogens (tertiary/aromatic N) is 4. The Balaban J connectivity index is 1.73. The molecular weight excluding hydrogens is 309 g/mol. The normalized spacial score (nSPS) is 17.2. The molecule has 1 aliphatic rings. The Labute approximate surface area is 137 Å². The Hall–Kier alpha value is -2.96. The second kappa shape index (κ2) is 5.92. The lowest BCUT2D eigenvalue weighted by Gasteiger charge is -2.15. The summed E-state index contributed by atoms with van der Waals surface area (Å²) >= 11 is 0. The van der Waals surface area contributed by atoms with Gasteiger partial charge in [0.15, 0.2) is 0 Å². The summed E-state index contributed by atoms with van der Waals surface area (Å²) in [6, 6.07) is 6.45. The van der Waals surface area contributed by atoms with Crippen molar-refractivity contribution in [3.8, 4) is 17.1 Å². The van der Waals surface area contributed by atoms with Gasteiger partial charge in [0.2, 0.25) is 5.91 Å². The van der Waals surface area contributed by atoms with Crippen molar-refractivity contribution in [2.24, 2.45) is 0 Å². The van der Waals surface area contributed by atoms with Crippen LogP contribution in [-0.4, -0.2) is 31.3 Å². The van der Waals surface area contributed by atoms with Gasteiger partial charge < -0.3 is 9.88 Å². The first kappa shape index (κ1) is 14.6. The molecule has 3 aromatic rings. The molecule has 1 atom stereocenters. The minimum absolute atomic E-state index is 0.0738. The van der Waals surface area contributed by atoms with Gasteiger partial charge in [0.25, 0.3) is 0 Å². The third-order valence-corrected chi connectivity index (χ3v) is 4.17. The lowest BCUT2D eigenvalue weighted by Crippen LogP contribution is -2.29. The van der Waals surface area contributed by atoms with Crippen molar-refractivity contribution in [2.45, 2.75) is 25.4 Å². The molecule has 0 radical (unpaired) electrons. The molecular formula is C17H16FN5O. The first-order valence-corrected chi connectivity index (χ1v) is 7.81. The molecule has 1 amide bonds. The Bertz CT molecular complexity index is 871. The fourth-order valence-corrected chi connectivity index (χ4v) is 3.05. The molecule has 2 aromatic heterocycles. The summed E-state index contributed by atoms with van der Waals surface area (Å²) < 4.78 is 17.5. The van der Waals surface area contributed by atoms with Gasteiger partial charge in [-0.15, -0.1) is 0 Å². The molecule has 3 heterocycles. The topological polar surface area (TPSA) is 64.7 Å². The van der Waals surface area contributed by atoms with E-state index in [1.807, 2.05) is 16.8 Å². The second-order valence-electron chi connectivity index (χ2n) is 5.82. The Morgan fingerprint density at radius 3 is 2.96 bits per heavy atom. The molecule has 1 unspecified atom stereocenters. The van der Waals surface area contributed by atoms with Crippen LogP contribution < -0.4 is 5.32 Å². The van der Waals surface area contributed by atoms with Gasteiger partial charge in [-0.1, -0.05) is 0 Å². The van der Waals surface area contributed by atoms with Crippen LogP contribution in [0, 0.1) is 5.82 Å². The Morgan fingerprint density at radius 2 is 2.21 bits per heavy atom. The fourth-order valence-electron chi connectivity index (χ4n) is 3.05. The molecule has 0 bridgehead atoms. The van der Waals surface area contributed by atoms with E-state index in [0.717, 1.165) is 12.1 Å². The number of aromatic nitrogens is 4. The Kier molecular flexibility index (Phi) is 3.60. The molecule has 1 aromatic carbocycles. The van der Waals surface area contributed by atoms with Crippen LogP contribution in [0.25, 0.3) is 17.1 Å². The lowest BCUT2D eigenvalue weighted by atomic mass is 10.1. The van der Waals surface area contributed by atoms with Crippen LogP contribution in [-0.2, 0) is 11.3 Å². The van der Waals surface area contributed by atoms with Crippen molar-refractivity contribution in [3.63, 3.8) is 0 Å². The van der Waals surface area contributed by atoms with Gasteiger partial charge in [-0.3, -0.25) is 4.79 Å². The summed E-state index contributed by atoms with van der Waals surface area (Å²) in [7, 11) is 0. The van der Waals surface area contributed by atoms with Crippen molar-refractivity contribution in [1.29, 1.82) is 0 Å². The number of hydrogen-bond acceptors (Lipinski definition) is 3. The summed E-state index contributed by atoms with van der Waals surface area (Å²) in [6.45, 7) is 0.607. The van der Waals surface area contributed by atoms with E-state index in [9.17, 15) is 9.18 Å². The Morgan fingerprint density at radius 1 is 1.29 bits per heavy atom. The zero-order valence-corrected chi connectivity index (χ0v) is 12.9. The van der Waals surface area contributed by atoms with Gasteiger partial charge in [0.05, 0.1) is 5.69 Å². The second-order valence-corrected chi connectivity index (χ2v) is 5.82. The molecule has 0 saturated carbocycles. The highest BCUT2D eigenvalue weighted by atomic mass is 19.1. The van der Waals surface area contributed by atoms with E-state index < -0.39 is 0 Å². The quantitative estimate of drug-likeness (QED) is 0.799. The third kappa shape index (κ3) is 2.68. The number of benzene rings is 1. The summed E-state index contributed by atoms with van der Waals surface area (Å²) in [4.78, 5) is 15.8. The minimum atomic E-state index is -0.329. The van der Waals surface area contributed by atoms with Gasteiger partial charge >= 0.3 is 0 Å². The zero-order valence-electron chi connectivity index (χ0n) is 12.9. The minimum Gasteiger partial charge on any atom is -0.352 e. The highest BCUT2D eigenvalue weighted by molar-refractivity contribution is 5.78. The molecule has 1 saturated heterocycles. The molecule has 0 spiro atoms. The van der Waals surface area contributed by atoms with Crippen LogP contribution in [0.1, 0.15) is 12.8 Å². The van der Waals surface area contributed by atoms with E-state index in [1.54, 1.807) is 29.3 Å². The standard InChI is InChI=1S/C17H16FN5O/c18-12-2-4-15(23-8-1-6-20-23)14(10-12)17-19-7-9-22(17)11-13-3-5-16(24)21-13/h1-2,4,6-10,13H,3,5,11H2,(H,21,24). The maximum atomic E-state index is 13.8. The van der Waals surface area contributed by atoms with Crippen LogP contribution in [0.2, 0.25) is 0 Å². The predicted molar refractivity (Wildman–Crippen MR) is 85.9 cm³/mol. The highest BCUT2D eigenvalue weighted by Gasteiger charge is 2.22. The maximum absolute atomic E-state index is 13.8. The van der Waals surface area contributed by atoms with E-state index in [-0.39, 0.29) is 17.8 Å². The predicted octanol–water partition coefficient (Wildman–Crippen LogP) is 2.15. The molecule has 7 heteroatoms. The lowest BCUT2D eigenvalue weighted by molar-refractivity contribution is -0.119. The van der Waals surface area contributed by atoms with Crippen molar-refractivity contribution < 1.29 is 9.18 Å². The summed E-state index contributed by atoms with van der Waals surface area (Å²) in [5.74, 6) is 0.399. The average molecular weight is 325 g/mol. The maximum Gasteiger partial charge on any atom is 0.220 e. The van der Waals surface area contributed by atoms with Gasteiger partial charge in [-0.05, 0) is 30.7 Å². The summed E-state index contributed by atoms with van der Waals surface area (Å²) in [6.07, 6.45) is 8.36. The number of carbonyl (C=O) groups is 1. The van der Waals surface area contributed by atoms with Crippen LogP contribution in [0.4, 0.5) is 4.39 Å². The summed E-state index contributed by atoms with van der Waals surface area (Å²) in [5.41, 5.74) is 1.41. The number of amides is 1. The number of rotatable bonds is 4. The molecule has 1 aliphatic heterocycles. The van der Waals surface area contributed by atoms with Gasteiger partial charge in [-0.2, -0.15) is 5.10 Å². The molecule has 0 aliphatic carbocycles. The van der Waals surface area contributed by atoms with E-state index >= 15 is 0 Å². The monoisotopic (exact) mass is 325 g/mol. The SMILES string of the molecule is O=C1CCC(Cn2ccnc2-c2cc(F)ccc2-n2cccn2)N1. The summed E-state index contributed by atoms with van der Waals surface area (Å²) in [5, 5.41) is 7.17. The van der Waals surface area contributed by atoms with E-state index in [2.05, 4.69) is 15.4 Å². The first-order valence-electron chi connectivity index (χ1n) is 7.81. The van der Waals surface area contributed by atoms with Crippen molar-refractivity contribution in [2.75, 3.05) is 0 Å². The van der Waals surface area contributed by atoms with Crippen LogP contribution in [0.5, 0.6) is 0 Å². The molecule has 1 fully saturated rings. The number of imidazole rings is 1. The van der Waals surface area contributed by atoms with Crippen LogP contribution in [0.3, 0.4) is 0 Å². The molecule has 122 valence electrons. The van der Waals surface area contributed by atoms with Gasteiger partial charge in [-0.25, -0.2) is 14.1 Å². The average Bonchev–Trinajstić information content (AvgIpc) is 3.30. The van der Waals surface area contributed by atoms with Gasteiger partial charge in [0.1, 0.15) is 11.6 Å². The first-order chi connectivity index (χ1) is 11.7. The van der Waals surface area contributed by atoms with Crippen molar-refractivity contribution in [3.05, 3.63) is 54.9 Å². The highest BCUT2D eigenvalue weighted by Crippen LogP contribution is 2.27. The number of carbonyl (C=O) groups excluding carboxylic acids is 1. The molecule has 1 N–H and O–H groups in total. The number of nitrogens with one attached hydrogen (secondary N) is 1. The van der Waals surface area contributed by atoms with Crippen LogP contribution in [0.15, 0.2) is 49.1 Å².